The van der Waals surface area contributed by atoms with Crippen LogP contribution in [0.15, 0.2) is 49.2 Å². The van der Waals surface area contributed by atoms with Crippen molar-refractivity contribution < 1.29 is 4.79 Å². The summed E-state index contributed by atoms with van der Waals surface area (Å²) in [6.45, 7) is 2.90. The fourth-order valence-electron chi connectivity index (χ4n) is 3.41. The van der Waals surface area contributed by atoms with Gasteiger partial charge in [-0.2, -0.15) is 5.10 Å². The molecule has 8 heteroatoms. The van der Waals surface area contributed by atoms with E-state index in [-0.39, 0.29) is 5.91 Å². The van der Waals surface area contributed by atoms with Crippen LogP contribution in [0.5, 0.6) is 0 Å². The molecular weight excluding hydrogens is 388 g/mol. The average Bonchev–Trinajstić information content (AvgIpc) is 3.27. The van der Waals surface area contributed by atoms with Crippen molar-refractivity contribution in [3.63, 3.8) is 0 Å². The first kappa shape index (κ1) is 19.4. The molecule has 1 saturated heterocycles. The van der Waals surface area contributed by atoms with E-state index in [0.717, 1.165) is 37.1 Å². The van der Waals surface area contributed by atoms with Gasteiger partial charge < -0.3 is 10.2 Å². The lowest BCUT2D eigenvalue weighted by Crippen LogP contribution is -2.35. The minimum absolute atomic E-state index is 0.00798. The molecule has 2 aromatic heterocycles. The summed E-state index contributed by atoms with van der Waals surface area (Å²) < 4.78 is 1.78. The van der Waals surface area contributed by atoms with Gasteiger partial charge in [0.1, 0.15) is 18.5 Å². The van der Waals surface area contributed by atoms with Crippen LogP contribution in [0.1, 0.15) is 40.7 Å². The zero-order chi connectivity index (χ0) is 20.1. The molecule has 3 heterocycles. The van der Waals surface area contributed by atoms with Crippen LogP contribution in [0.2, 0.25) is 5.02 Å². The highest BCUT2D eigenvalue weighted by Crippen LogP contribution is 2.22. The molecule has 0 bridgehead atoms. The lowest BCUT2D eigenvalue weighted by Gasteiger charge is -2.26. The molecule has 7 nitrogen and oxygen atoms in total. The fourth-order valence-corrected chi connectivity index (χ4v) is 3.65. The van der Waals surface area contributed by atoms with Crippen LogP contribution in [-0.4, -0.2) is 43.6 Å². The number of likely N-dealkylation sites (tertiary alicyclic amines) is 1. The van der Waals surface area contributed by atoms with Crippen molar-refractivity contribution in [2.75, 3.05) is 18.4 Å². The Hall–Kier alpha value is -2.93. The molecule has 1 aliphatic rings. The lowest BCUT2D eigenvalue weighted by molar-refractivity contribution is 0.0724. The molecule has 3 aromatic rings. The number of rotatable bonds is 6. The number of nitrogens with zero attached hydrogens (tertiary/aromatic N) is 5. The van der Waals surface area contributed by atoms with E-state index in [9.17, 15) is 4.79 Å². The average molecular weight is 411 g/mol. The highest BCUT2D eigenvalue weighted by Gasteiger charge is 2.19. The zero-order valence-corrected chi connectivity index (χ0v) is 16.8. The Balaban J connectivity index is 1.35. The van der Waals surface area contributed by atoms with Crippen molar-refractivity contribution in [3.8, 4) is 0 Å². The maximum Gasteiger partial charge on any atom is 0.255 e. The van der Waals surface area contributed by atoms with Gasteiger partial charge in [0.05, 0.1) is 17.1 Å². The first-order valence-electron chi connectivity index (χ1n) is 9.78. The van der Waals surface area contributed by atoms with Gasteiger partial charge in [-0.3, -0.25) is 4.79 Å². The van der Waals surface area contributed by atoms with Gasteiger partial charge in [0.2, 0.25) is 0 Å². The van der Waals surface area contributed by atoms with Gasteiger partial charge in [0, 0.05) is 25.8 Å². The number of pyridine rings is 1. The Bertz CT molecular complexity index is 952. The predicted octanol–water partition coefficient (Wildman–Crippen LogP) is 3.61. The van der Waals surface area contributed by atoms with Crippen LogP contribution in [0.4, 0.5) is 5.82 Å². The molecular formula is C21H23ClN6O. The van der Waals surface area contributed by atoms with E-state index in [1.54, 1.807) is 23.3 Å². The fraction of sp³-hybridized carbons (Fsp3) is 0.333. The summed E-state index contributed by atoms with van der Waals surface area (Å²) in [4.78, 5) is 22.8. The van der Waals surface area contributed by atoms with Gasteiger partial charge >= 0.3 is 0 Å². The van der Waals surface area contributed by atoms with Gasteiger partial charge in [-0.05, 0) is 36.5 Å². The van der Waals surface area contributed by atoms with E-state index in [1.807, 2.05) is 4.90 Å². The molecule has 1 amide bonds. The number of piperidine rings is 1. The second kappa shape index (κ2) is 9.05. The molecule has 0 radical (unpaired) electrons. The Morgan fingerprint density at radius 3 is 2.55 bits per heavy atom. The largest absolute Gasteiger partial charge is 0.365 e. The van der Waals surface area contributed by atoms with Crippen LogP contribution in [0.25, 0.3) is 0 Å². The minimum Gasteiger partial charge on any atom is -0.365 e. The van der Waals surface area contributed by atoms with Gasteiger partial charge in [0.25, 0.3) is 5.91 Å². The second-order valence-electron chi connectivity index (χ2n) is 7.17. The molecule has 1 N–H and O–H groups in total. The zero-order valence-electron chi connectivity index (χ0n) is 16.1. The molecule has 29 heavy (non-hydrogen) atoms. The van der Waals surface area contributed by atoms with E-state index in [1.165, 1.54) is 12.7 Å². The van der Waals surface area contributed by atoms with Crippen molar-refractivity contribution in [1.82, 2.24) is 24.6 Å². The summed E-state index contributed by atoms with van der Waals surface area (Å²) in [6.07, 6.45) is 8.14. The van der Waals surface area contributed by atoms with E-state index in [2.05, 4.69) is 44.6 Å². The lowest BCUT2D eigenvalue weighted by atomic mass is 10.1. The Morgan fingerprint density at radius 2 is 1.86 bits per heavy atom. The van der Waals surface area contributed by atoms with Crippen LogP contribution in [0, 0.1) is 0 Å². The number of halogens is 1. The molecule has 1 fully saturated rings. The third kappa shape index (κ3) is 4.92. The first-order valence-corrected chi connectivity index (χ1v) is 10.2. The van der Waals surface area contributed by atoms with Crippen LogP contribution in [0.3, 0.4) is 0 Å². The summed E-state index contributed by atoms with van der Waals surface area (Å²) in [5.74, 6) is 0.585. The van der Waals surface area contributed by atoms with Crippen molar-refractivity contribution in [1.29, 1.82) is 0 Å². The molecule has 1 aromatic carbocycles. The predicted molar refractivity (Wildman–Crippen MR) is 112 cm³/mol. The quantitative estimate of drug-likeness (QED) is 0.671. The number of benzene rings is 1. The standard InChI is InChI=1S/C21H23ClN6O/c22-19-10-18(21(29)27-8-2-1-3-9-27)12-25-20(19)24-11-16-4-6-17(7-5-16)13-28-15-23-14-26-28/h4-7,10,12,14-15H,1-3,8-9,11,13H2,(H,24,25). The Kier molecular flexibility index (Phi) is 6.05. The van der Waals surface area contributed by atoms with Crippen LogP contribution >= 0.6 is 11.6 Å². The smallest absolute Gasteiger partial charge is 0.255 e. The van der Waals surface area contributed by atoms with E-state index in [4.69, 9.17) is 11.6 Å². The number of aromatic nitrogens is 4. The van der Waals surface area contributed by atoms with Crippen molar-refractivity contribution in [3.05, 3.63) is 70.9 Å². The Morgan fingerprint density at radius 1 is 1.10 bits per heavy atom. The SMILES string of the molecule is O=C(c1cnc(NCc2ccc(Cn3cncn3)cc2)c(Cl)c1)N1CCCCC1. The number of anilines is 1. The summed E-state index contributed by atoms with van der Waals surface area (Å²) in [6, 6.07) is 9.94. The molecule has 0 aliphatic carbocycles. The van der Waals surface area contributed by atoms with E-state index < -0.39 is 0 Å². The molecule has 0 spiro atoms. The number of hydrogen-bond donors (Lipinski definition) is 1. The highest BCUT2D eigenvalue weighted by molar-refractivity contribution is 6.33. The number of amides is 1. The number of nitrogens with one attached hydrogen (secondary N) is 1. The maximum atomic E-state index is 12.6. The van der Waals surface area contributed by atoms with Crippen molar-refractivity contribution in [2.45, 2.75) is 32.4 Å². The van der Waals surface area contributed by atoms with E-state index >= 15 is 0 Å². The molecule has 0 atom stereocenters. The van der Waals surface area contributed by atoms with Crippen LogP contribution < -0.4 is 5.32 Å². The molecule has 150 valence electrons. The third-order valence-electron chi connectivity index (χ3n) is 5.03. The minimum atomic E-state index is 0.00798. The second-order valence-corrected chi connectivity index (χ2v) is 7.58. The third-order valence-corrected chi connectivity index (χ3v) is 5.31. The topological polar surface area (TPSA) is 75.9 Å². The highest BCUT2D eigenvalue weighted by atomic mass is 35.5. The van der Waals surface area contributed by atoms with Crippen molar-refractivity contribution in [2.24, 2.45) is 0 Å². The Labute approximate surface area is 174 Å². The molecule has 0 saturated carbocycles. The van der Waals surface area contributed by atoms with Crippen molar-refractivity contribution >= 4 is 23.3 Å². The summed E-state index contributed by atoms with van der Waals surface area (Å²) >= 11 is 6.37. The van der Waals surface area contributed by atoms with Gasteiger partial charge in [-0.15, -0.1) is 0 Å². The normalized spacial score (nSPS) is 14.0. The summed E-state index contributed by atoms with van der Waals surface area (Å²) in [7, 11) is 0. The monoisotopic (exact) mass is 410 g/mol. The maximum absolute atomic E-state index is 12.6. The van der Waals surface area contributed by atoms with Gasteiger partial charge in [-0.1, -0.05) is 35.9 Å². The molecule has 4 rings (SSSR count). The molecule has 0 unspecified atom stereocenters. The summed E-state index contributed by atoms with van der Waals surface area (Å²) in [5, 5.41) is 7.81. The summed E-state index contributed by atoms with van der Waals surface area (Å²) in [5.41, 5.74) is 2.80. The first-order chi connectivity index (χ1) is 14.2. The number of carbonyl (C=O) groups excluding carboxylic acids is 1. The molecule has 1 aliphatic heterocycles. The van der Waals surface area contributed by atoms with E-state index in [0.29, 0.717) is 29.5 Å². The van der Waals surface area contributed by atoms with Gasteiger partial charge in [-0.25, -0.2) is 14.6 Å². The van der Waals surface area contributed by atoms with Gasteiger partial charge in [0.15, 0.2) is 0 Å². The number of carbonyl (C=O) groups is 1. The van der Waals surface area contributed by atoms with Crippen LogP contribution in [-0.2, 0) is 13.1 Å². The number of hydrogen-bond acceptors (Lipinski definition) is 5.